The van der Waals surface area contributed by atoms with Crippen LogP contribution in [0.1, 0.15) is 28.3 Å². The van der Waals surface area contributed by atoms with Gasteiger partial charge in [-0.25, -0.2) is 4.39 Å². The van der Waals surface area contributed by atoms with E-state index in [1.165, 1.54) is 38.4 Å². The van der Waals surface area contributed by atoms with E-state index in [-0.39, 0.29) is 21.8 Å². The highest BCUT2D eigenvalue weighted by Crippen LogP contribution is 2.45. The normalized spacial score (nSPS) is 16.7. The second kappa shape index (κ2) is 10.1. The number of amides is 1. The lowest BCUT2D eigenvalue weighted by Crippen LogP contribution is -2.29. The number of anilines is 1. The molecule has 0 spiro atoms. The molecule has 7 nitrogen and oxygen atoms in total. The van der Waals surface area contributed by atoms with Crippen LogP contribution >= 0.6 is 11.6 Å². The first-order valence-corrected chi connectivity index (χ1v) is 11.6. The fourth-order valence-corrected chi connectivity index (χ4v) is 4.79. The van der Waals surface area contributed by atoms with Crippen LogP contribution in [0.5, 0.6) is 17.2 Å². The molecule has 1 N–H and O–H groups in total. The summed E-state index contributed by atoms with van der Waals surface area (Å²) in [4.78, 5) is 28.1. The van der Waals surface area contributed by atoms with Gasteiger partial charge in [-0.3, -0.25) is 14.5 Å². The number of nitrogens with zero attached hydrogens (tertiary/aromatic N) is 1. The highest BCUT2D eigenvalue weighted by atomic mass is 35.5. The Morgan fingerprint density at radius 2 is 1.65 bits per heavy atom. The minimum absolute atomic E-state index is 0.166. The van der Waals surface area contributed by atoms with Gasteiger partial charge in [-0.2, -0.15) is 0 Å². The molecule has 0 radical (unpaired) electrons. The number of hydrogen-bond acceptors (Lipinski definition) is 6. The van der Waals surface area contributed by atoms with E-state index < -0.39 is 29.3 Å². The van der Waals surface area contributed by atoms with Gasteiger partial charge in [0.25, 0.3) is 11.7 Å². The second-order valence-electron chi connectivity index (χ2n) is 8.54. The fraction of sp³-hybridized carbons (Fsp3) is 0.214. The van der Waals surface area contributed by atoms with Gasteiger partial charge in [-0.05, 0) is 66.9 Å². The van der Waals surface area contributed by atoms with Crippen molar-refractivity contribution in [2.75, 3.05) is 26.2 Å². The lowest BCUT2D eigenvalue weighted by Gasteiger charge is -2.26. The summed E-state index contributed by atoms with van der Waals surface area (Å²) in [5.74, 6) is -1.76. The van der Waals surface area contributed by atoms with Gasteiger partial charge in [0.2, 0.25) is 0 Å². The summed E-state index contributed by atoms with van der Waals surface area (Å²) < 4.78 is 30.2. The molecule has 1 amide bonds. The van der Waals surface area contributed by atoms with E-state index in [1.54, 1.807) is 24.3 Å². The minimum Gasteiger partial charge on any atom is -0.507 e. The largest absolute Gasteiger partial charge is 0.507 e. The molecule has 0 saturated carbocycles. The molecule has 1 fully saturated rings. The summed E-state index contributed by atoms with van der Waals surface area (Å²) in [5, 5.41) is 11.3. The molecule has 1 saturated heterocycles. The van der Waals surface area contributed by atoms with Gasteiger partial charge in [0, 0.05) is 5.69 Å². The maximum absolute atomic E-state index is 14.0. The van der Waals surface area contributed by atoms with Crippen LogP contribution in [-0.2, 0) is 9.59 Å². The maximum Gasteiger partial charge on any atom is 0.300 e. The maximum atomic E-state index is 14.0. The first kappa shape index (κ1) is 26.0. The molecule has 4 rings (SSSR count). The summed E-state index contributed by atoms with van der Waals surface area (Å²) in [5.41, 5.74) is 2.29. The van der Waals surface area contributed by atoms with Crippen LogP contribution in [0.25, 0.3) is 5.76 Å². The van der Waals surface area contributed by atoms with E-state index in [4.69, 9.17) is 25.8 Å². The molecule has 3 aromatic carbocycles. The van der Waals surface area contributed by atoms with Gasteiger partial charge < -0.3 is 19.3 Å². The lowest BCUT2D eigenvalue weighted by molar-refractivity contribution is -0.132. The molecule has 1 heterocycles. The standard InChI is InChI=1S/C28H25ClFNO6/c1-14-10-15(2)27(37-5)18(11-14)25(32)23-24(16-6-9-21(35-3)22(12-16)36-4)31(28(34)26(23)33)17-7-8-20(30)19(29)13-17/h6-13,24,32H,1-5H3/b25-23+. The van der Waals surface area contributed by atoms with E-state index in [1.807, 2.05) is 19.9 Å². The van der Waals surface area contributed by atoms with Crippen LogP contribution in [0.3, 0.4) is 0 Å². The predicted octanol–water partition coefficient (Wildman–Crippen LogP) is 5.75. The average Bonchev–Trinajstić information content (AvgIpc) is 3.14. The van der Waals surface area contributed by atoms with Crippen molar-refractivity contribution in [1.29, 1.82) is 0 Å². The fourth-order valence-electron chi connectivity index (χ4n) is 4.62. The van der Waals surface area contributed by atoms with E-state index in [2.05, 4.69) is 0 Å². The Morgan fingerprint density at radius 1 is 0.946 bits per heavy atom. The second-order valence-corrected chi connectivity index (χ2v) is 8.95. The SMILES string of the molecule is COc1ccc(C2/C(=C(\O)c3cc(C)cc(C)c3OC)C(=O)C(=O)N2c2ccc(F)c(Cl)c2)cc1OC. The van der Waals surface area contributed by atoms with Gasteiger partial charge in [-0.15, -0.1) is 0 Å². The number of hydrogen-bond donors (Lipinski definition) is 1. The molecule has 9 heteroatoms. The third kappa shape index (κ3) is 4.49. The molecule has 3 aromatic rings. The van der Waals surface area contributed by atoms with Crippen LogP contribution < -0.4 is 19.1 Å². The number of halogens is 2. The van der Waals surface area contributed by atoms with Crippen molar-refractivity contribution in [3.8, 4) is 17.2 Å². The number of carbonyl (C=O) groups is 2. The number of methoxy groups -OCH3 is 3. The molecule has 192 valence electrons. The molecule has 0 bridgehead atoms. The summed E-state index contributed by atoms with van der Waals surface area (Å²) >= 11 is 6.01. The number of carbonyl (C=O) groups excluding carboxylic acids is 2. The predicted molar refractivity (Wildman–Crippen MR) is 138 cm³/mol. The van der Waals surface area contributed by atoms with E-state index >= 15 is 0 Å². The van der Waals surface area contributed by atoms with Crippen molar-refractivity contribution in [2.45, 2.75) is 19.9 Å². The van der Waals surface area contributed by atoms with Crippen LogP contribution in [0, 0.1) is 19.7 Å². The Hall–Kier alpha value is -4.04. The zero-order valence-electron chi connectivity index (χ0n) is 20.9. The lowest BCUT2D eigenvalue weighted by atomic mass is 9.93. The van der Waals surface area contributed by atoms with Gasteiger partial charge in [-0.1, -0.05) is 23.7 Å². The van der Waals surface area contributed by atoms with Crippen LogP contribution in [-0.4, -0.2) is 38.1 Å². The third-order valence-corrected chi connectivity index (χ3v) is 6.52. The first-order valence-electron chi connectivity index (χ1n) is 11.3. The number of rotatable bonds is 6. The Labute approximate surface area is 218 Å². The zero-order chi connectivity index (χ0) is 27.0. The molecule has 1 unspecified atom stereocenters. The molecule has 0 aliphatic carbocycles. The highest BCUT2D eigenvalue weighted by Gasteiger charge is 2.47. The average molecular weight is 526 g/mol. The van der Waals surface area contributed by atoms with Crippen molar-refractivity contribution >= 4 is 34.7 Å². The number of aliphatic hydroxyl groups is 1. The number of ether oxygens (including phenoxy) is 3. The van der Waals surface area contributed by atoms with Crippen molar-refractivity contribution in [1.82, 2.24) is 0 Å². The summed E-state index contributed by atoms with van der Waals surface area (Å²) in [6, 6.07) is 11.1. The van der Waals surface area contributed by atoms with Gasteiger partial charge >= 0.3 is 0 Å². The quantitative estimate of drug-likeness (QED) is 0.251. The van der Waals surface area contributed by atoms with Crippen molar-refractivity contribution < 1.29 is 33.3 Å². The number of ketones is 1. The zero-order valence-corrected chi connectivity index (χ0v) is 21.6. The monoisotopic (exact) mass is 525 g/mol. The minimum atomic E-state index is -1.09. The molecular formula is C28H25ClFNO6. The van der Waals surface area contributed by atoms with Gasteiger partial charge in [0.1, 0.15) is 17.3 Å². The Bertz CT molecular complexity index is 1450. The van der Waals surface area contributed by atoms with Crippen molar-refractivity contribution in [3.05, 3.63) is 87.2 Å². The molecule has 1 atom stereocenters. The number of aliphatic hydroxyl groups excluding tert-OH is 1. The van der Waals surface area contributed by atoms with Crippen LogP contribution in [0.15, 0.2) is 54.1 Å². The summed E-state index contributed by atoms with van der Waals surface area (Å²) in [6.07, 6.45) is 0. The van der Waals surface area contributed by atoms with E-state index in [0.29, 0.717) is 22.8 Å². The smallest absolute Gasteiger partial charge is 0.300 e. The van der Waals surface area contributed by atoms with Crippen molar-refractivity contribution in [3.63, 3.8) is 0 Å². The third-order valence-electron chi connectivity index (χ3n) is 6.23. The van der Waals surface area contributed by atoms with Gasteiger partial charge in [0.15, 0.2) is 11.5 Å². The first-order chi connectivity index (χ1) is 17.6. The van der Waals surface area contributed by atoms with Gasteiger partial charge in [0.05, 0.1) is 43.5 Å². The number of benzene rings is 3. The van der Waals surface area contributed by atoms with E-state index in [9.17, 15) is 19.1 Å². The van der Waals surface area contributed by atoms with Crippen LogP contribution in [0.4, 0.5) is 10.1 Å². The Kier molecular flexibility index (Phi) is 7.14. The highest BCUT2D eigenvalue weighted by molar-refractivity contribution is 6.52. The Morgan fingerprint density at radius 3 is 2.27 bits per heavy atom. The number of aryl methyl sites for hydroxylation is 2. The summed E-state index contributed by atoms with van der Waals surface area (Å²) in [7, 11) is 4.40. The molecule has 37 heavy (non-hydrogen) atoms. The van der Waals surface area contributed by atoms with Crippen LogP contribution in [0.2, 0.25) is 5.02 Å². The molecule has 1 aliphatic heterocycles. The Balaban J connectivity index is 2.04. The van der Waals surface area contributed by atoms with E-state index in [0.717, 1.165) is 17.2 Å². The topological polar surface area (TPSA) is 85.3 Å². The molecular weight excluding hydrogens is 501 g/mol. The molecule has 1 aliphatic rings. The summed E-state index contributed by atoms with van der Waals surface area (Å²) in [6.45, 7) is 3.65. The molecule has 0 aromatic heterocycles. The number of Topliss-reactive ketones (excluding diaryl/α,β-unsaturated/α-hetero) is 1. The van der Waals surface area contributed by atoms with Crippen molar-refractivity contribution in [2.24, 2.45) is 0 Å².